The molecule has 0 bridgehead atoms. The van der Waals surface area contributed by atoms with E-state index in [1.54, 1.807) is 0 Å². The molecule has 0 spiro atoms. The molecule has 340 valence electrons. The first-order chi connectivity index (χ1) is 28.5. The summed E-state index contributed by atoms with van der Waals surface area (Å²) in [6.45, 7) is 6.62. The van der Waals surface area contributed by atoms with E-state index in [1.807, 2.05) is 0 Å². The quantitative estimate of drug-likeness (QED) is 0.0263. The molecule has 0 saturated heterocycles. The summed E-state index contributed by atoms with van der Waals surface area (Å²) in [5.41, 5.74) is 0. The van der Waals surface area contributed by atoms with Crippen molar-refractivity contribution in [3.05, 3.63) is 24.3 Å². The Morgan fingerprint density at radius 1 is 0.345 bits per heavy atom. The molecule has 1 unspecified atom stereocenters. The normalized spacial score (nSPS) is 12.1. The molecule has 0 fully saturated rings. The first-order valence-electron chi connectivity index (χ1n) is 25.3. The van der Waals surface area contributed by atoms with E-state index in [4.69, 9.17) is 14.2 Å². The molecule has 6 heteroatoms. The fourth-order valence-electron chi connectivity index (χ4n) is 7.36. The number of rotatable bonds is 46. The van der Waals surface area contributed by atoms with Crippen LogP contribution in [0.15, 0.2) is 24.3 Å². The van der Waals surface area contributed by atoms with E-state index in [9.17, 15) is 14.4 Å². The minimum Gasteiger partial charge on any atom is -0.462 e. The third-order valence-corrected chi connectivity index (χ3v) is 11.2. The Hall–Kier alpha value is -2.11. The zero-order chi connectivity index (χ0) is 42.3. The van der Waals surface area contributed by atoms with Gasteiger partial charge in [-0.05, 0) is 51.4 Å². The summed E-state index contributed by atoms with van der Waals surface area (Å²) in [6, 6.07) is 0. The molecule has 6 nitrogen and oxygen atoms in total. The average molecular weight is 817 g/mol. The molecule has 0 aliphatic heterocycles. The fourth-order valence-corrected chi connectivity index (χ4v) is 7.36. The fraction of sp³-hybridized carbons (Fsp3) is 0.865. The van der Waals surface area contributed by atoms with Gasteiger partial charge in [-0.25, -0.2) is 0 Å². The van der Waals surface area contributed by atoms with Gasteiger partial charge in [0.1, 0.15) is 13.2 Å². The van der Waals surface area contributed by atoms with Crippen LogP contribution in [0.4, 0.5) is 0 Å². The average Bonchev–Trinajstić information content (AvgIpc) is 3.22. The van der Waals surface area contributed by atoms with E-state index in [-0.39, 0.29) is 31.1 Å². The maximum Gasteiger partial charge on any atom is 0.306 e. The first kappa shape index (κ1) is 55.9. The van der Waals surface area contributed by atoms with Crippen LogP contribution in [0.1, 0.15) is 271 Å². The predicted octanol–water partition coefficient (Wildman–Crippen LogP) is 16.4. The van der Waals surface area contributed by atoms with Gasteiger partial charge in [-0.1, -0.05) is 225 Å². The highest BCUT2D eigenvalue weighted by atomic mass is 16.6. The van der Waals surface area contributed by atoms with Gasteiger partial charge in [0, 0.05) is 19.3 Å². The van der Waals surface area contributed by atoms with Crippen LogP contribution in [-0.2, 0) is 28.6 Å². The lowest BCUT2D eigenvalue weighted by molar-refractivity contribution is -0.167. The van der Waals surface area contributed by atoms with Gasteiger partial charge in [-0.2, -0.15) is 0 Å². The zero-order valence-electron chi connectivity index (χ0n) is 38.8. The van der Waals surface area contributed by atoms with Gasteiger partial charge in [0.2, 0.25) is 0 Å². The molecule has 58 heavy (non-hydrogen) atoms. The van der Waals surface area contributed by atoms with Crippen molar-refractivity contribution in [1.29, 1.82) is 0 Å². The first-order valence-corrected chi connectivity index (χ1v) is 25.3. The van der Waals surface area contributed by atoms with Crippen molar-refractivity contribution in [2.75, 3.05) is 13.2 Å². The zero-order valence-corrected chi connectivity index (χ0v) is 38.8. The second-order valence-electron chi connectivity index (χ2n) is 17.1. The molecule has 0 aromatic heterocycles. The van der Waals surface area contributed by atoms with Gasteiger partial charge in [0.05, 0.1) is 0 Å². The summed E-state index contributed by atoms with van der Waals surface area (Å²) in [5, 5.41) is 0. The number of carbonyl (C=O) groups is 3. The third kappa shape index (κ3) is 45.0. The summed E-state index contributed by atoms with van der Waals surface area (Å²) in [4.78, 5) is 37.8. The summed E-state index contributed by atoms with van der Waals surface area (Å²) in [6.07, 6.45) is 53.0. The lowest BCUT2D eigenvalue weighted by Crippen LogP contribution is -2.30. The maximum atomic E-state index is 12.7. The van der Waals surface area contributed by atoms with Gasteiger partial charge < -0.3 is 14.2 Å². The highest BCUT2D eigenvalue weighted by molar-refractivity contribution is 5.71. The highest BCUT2D eigenvalue weighted by Gasteiger charge is 2.19. The highest BCUT2D eigenvalue weighted by Crippen LogP contribution is 2.15. The van der Waals surface area contributed by atoms with Crippen LogP contribution >= 0.6 is 0 Å². The molecule has 0 radical (unpaired) electrons. The number of carbonyl (C=O) groups excluding carboxylic acids is 3. The van der Waals surface area contributed by atoms with Crippen LogP contribution in [-0.4, -0.2) is 37.2 Å². The van der Waals surface area contributed by atoms with Gasteiger partial charge in [-0.3, -0.25) is 14.4 Å². The number of allylic oxidation sites excluding steroid dienone is 4. The number of unbranched alkanes of at least 4 members (excludes halogenated alkanes) is 31. The van der Waals surface area contributed by atoms with E-state index in [1.165, 1.54) is 161 Å². The molecular weight excluding hydrogens is 721 g/mol. The Morgan fingerprint density at radius 2 is 0.621 bits per heavy atom. The second-order valence-corrected chi connectivity index (χ2v) is 17.1. The van der Waals surface area contributed by atoms with Gasteiger partial charge in [-0.15, -0.1) is 0 Å². The van der Waals surface area contributed by atoms with Crippen molar-refractivity contribution in [2.45, 2.75) is 277 Å². The van der Waals surface area contributed by atoms with Gasteiger partial charge >= 0.3 is 17.9 Å². The van der Waals surface area contributed by atoms with Crippen molar-refractivity contribution in [2.24, 2.45) is 0 Å². The Kier molecular flexibility index (Phi) is 45.8. The Labute approximate surface area is 360 Å². The van der Waals surface area contributed by atoms with Crippen molar-refractivity contribution >= 4 is 17.9 Å². The summed E-state index contributed by atoms with van der Waals surface area (Å²) >= 11 is 0. The predicted molar refractivity (Wildman–Crippen MR) is 247 cm³/mol. The summed E-state index contributed by atoms with van der Waals surface area (Å²) in [5.74, 6) is -0.868. The molecule has 0 N–H and O–H groups in total. The van der Waals surface area contributed by atoms with Gasteiger partial charge in [0.25, 0.3) is 0 Å². The second kappa shape index (κ2) is 47.6. The smallest absolute Gasteiger partial charge is 0.306 e. The number of ether oxygens (including phenoxy) is 3. The molecule has 0 amide bonds. The molecule has 0 rings (SSSR count). The van der Waals surface area contributed by atoms with E-state index < -0.39 is 6.10 Å². The van der Waals surface area contributed by atoms with Crippen LogP contribution in [0.5, 0.6) is 0 Å². The van der Waals surface area contributed by atoms with Gasteiger partial charge in [0.15, 0.2) is 6.10 Å². The largest absolute Gasteiger partial charge is 0.462 e. The standard InChI is InChI=1S/C52H96O6/c1-4-7-10-13-16-19-22-24-25-26-27-28-29-31-33-36-39-42-45-51(54)57-48-49(47-56-50(53)44-41-38-35-32-21-18-15-12-9-6-3)58-52(55)46-43-40-37-34-30-23-20-17-14-11-8-5-2/h19,22,25-26,49H,4-18,20-21,23-24,27-48H2,1-3H3/b22-19-,26-25-. The SMILES string of the molecule is CCCCCC/C=C\C/C=C\CCCCCCCCCC(=O)OCC(COC(=O)CCCCCCCCCCCC)OC(=O)CCCCCCCCCCCCCC. The summed E-state index contributed by atoms with van der Waals surface area (Å²) < 4.78 is 16.8. The molecule has 0 aliphatic carbocycles. The molecule has 0 aromatic rings. The summed E-state index contributed by atoms with van der Waals surface area (Å²) in [7, 11) is 0. The Balaban J connectivity index is 4.30. The molecule has 0 aromatic carbocycles. The van der Waals surface area contributed by atoms with Crippen LogP contribution in [0, 0.1) is 0 Å². The van der Waals surface area contributed by atoms with E-state index >= 15 is 0 Å². The van der Waals surface area contributed by atoms with Crippen LogP contribution in [0.2, 0.25) is 0 Å². The topological polar surface area (TPSA) is 78.9 Å². The maximum absolute atomic E-state index is 12.7. The van der Waals surface area contributed by atoms with E-state index in [2.05, 4.69) is 45.1 Å². The molecule has 0 heterocycles. The monoisotopic (exact) mass is 817 g/mol. The molecular formula is C52H96O6. The molecule has 0 aliphatic rings. The third-order valence-electron chi connectivity index (χ3n) is 11.2. The lowest BCUT2D eigenvalue weighted by Gasteiger charge is -2.18. The number of hydrogen-bond donors (Lipinski definition) is 0. The van der Waals surface area contributed by atoms with Crippen molar-refractivity contribution < 1.29 is 28.6 Å². The minimum absolute atomic E-state index is 0.0694. The lowest BCUT2D eigenvalue weighted by atomic mass is 10.0. The Bertz CT molecular complexity index is 942. The molecule has 1 atom stereocenters. The molecule has 0 saturated carbocycles. The van der Waals surface area contributed by atoms with Crippen molar-refractivity contribution in [3.8, 4) is 0 Å². The minimum atomic E-state index is -0.767. The number of esters is 3. The number of hydrogen-bond acceptors (Lipinski definition) is 6. The van der Waals surface area contributed by atoms with Crippen LogP contribution < -0.4 is 0 Å². The van der Waals surface area contributed by atoms with Crippen molar-refractivity contribution in [3.63, 3.8) is 0 Å². The van der Waals surface area contributed by atoms with E-state index in [0.717, 1.165) is 70.6 Å². The van der Waals surface area contributed by atoms with Crippen LogP contribution in [0.25, 0.3) is 0 Å². The van der Waals surface area contributed by atoms with E-state index in [0.29, 0.717) is 19.3 Å². The Morgan fingerprint density at radius 3 is 0.966 bits per heavy atom. The van der Waals surface area contributed by atoms with Crippen molar-refractivity contribution in [1.82, 2.24) is 0 Å². The van der Waals surface area contributed by atoms with Crippen LogP contribution in [0.3, 0.4) is 0 Å².